The molecule has 1 fully saturated rings. The number of nitrogens with zero attached hydrogens (tertiary/aromatic N) is 4. The van der Waals surface area contributed by atoms with Crippen LogP contribution < -0.4 is 0 Å². The number of hydrogen-bond donors (Lipinski definition) is 0. The second-order valence-electron chi connectivity index (χ2n) is 4.66. The third kappa shape index (κ3) is 1.98. The summed E-state index contributed by atoms with van der Waals surface area (Å²) in [5.74, 6) is 0. The molecule has 0 atom stereocenters. The van der Waals surface area contributed by atoms with E-state index in [1.54, 1.807) is 0 Å². The third-order valence-electron chi connectivity index (χ3n) is 3.50. The van der Waals surface area contributed by atoms with Crippen LogP contribution in [0.2, 0.25) is 0 Å². The van der Waals surface area contributed by atoms with Crippen LogP contribution in [0.3, 0.4) is 0 Å². The van der Waals surface area contributed by atoms with Gasteiger partial charge in [0.05, 0.1) is 16.9 Å². The predicted octanol–water partition coefficient (Wildman–Crippen LogP) is 2.46. The Labute approximate surface area is 109 Å². The Balaban J connectivity index is 2.00. The summed E-state index contributed by atoms with van der Waals surface area (Å²) in [5, 5.41) is 5.72. The first-order chi connectivity index (χ1) is 8.25. The number of rotatable bonds is 1. The molecule has 5 heteroatoms. The normalized spacial score (nSPS) is 18.9. The molecule has 17 heavy (non-hydrogen) atoms. The molecule has 0 amide bonds. The Morgan fingerprint density at radius 1 is 1.35 bits per heavy atom. The van der Waals surface area contributed by atoms with Gasteiger partial charge in [-0.1, -0.05) is 0 Å². The van der Waals surface area contributed by atoms with Crippen LogP contribution >= 0.6 is 15.9 Å². The van der Waals surface area contributed by atoms with Gasteiger partial charge in [-0.2, -0.15) is 5.10 Å². The van der Waals surface area contributed by atoms with Crippen molar-refractivity contribution in [2.45, 2.75) is 18.9 Å². The number of likely N-dealkylation sites (tertiary alicyclic amines) is 1. The highest BCUT2D eigenvalue weighted by molar-refractivity contribution is 9.10. The van der Waals surface area contributed by atoms with Gasteiger partial charge in [-0.15, -0.1) is 0 Å². The Morgan fingerprint density at radius 2 is 2.12 bits per heavy atom. The minimum absolute atomic E-state index is 0.516. The van der Waals surface area contributed by atoms with Crippen molar-refractivity contribution >= 4 is 26.8 Å². The average Bonchev–Trinajstić information content (AvgIpc) is 2.69. The van der Waals surface area contributed by atoms with Crippen molar-refractivity contribution in [2.75, 3.05) is 20.1 Å². The van der Waals surface area contributed by atoms with Crippen LogP contribution in [0.25, 0.3) is 10.9 Å². The summed E-state index contributed by atoms with van der Waals surface area (Å²) in [6, 6.07) is 2.56. The Kier molecular flexibility index (Phi) is 2.88. The van der Waals surface area contributed by atoms with Gasteiger partial charge in [0.25, 0.3) is 0 Å². The van der Waals surface area contributed by atoms with E-state index in [0.717, 1.165) is 23.1 Å². The highest BCUT2D eigenvalue weighted by Gasteiger charge is 2.21. The zero-order valence-corrected chi connectivity index (χ0v) is 11.4. The van der Waals surface area contributed by atoms with Crippen molar-refractivity contribution in [3.63, 3.8) is 0 Å². The van der Waals surface area contributed by atoms with Crippen molar-refractivity contribution in [3.8, 4) is 0 Å². The number of pyridine rings is 1. The maximum atomic E-state index is 4.61. The molecule has 0 saturated carbocycles. The van der Waals surface area contributed by atoms with Crippen LogP contribution in [0.15, 0.2) is 23.1 Å². The van der Waals surface area contributed by atoms with E-state index in [4.69, 9.17) is 0 Å². The summed E-state index contributed by atoms with van der Waals surface area (Å²) in [6.07, 6.45) is 6.05. The Bertz CT molecular complexity index is 528. The molecule has 0 aliphatic carbocycles. The zero-order chi connectivity index (χ0) is 11.8. The van der Waals surface area contributed by atoms with Crippen LogP contribution in [-0.2, 0) is 0 Å². The first-order valence-corrected chi connectivity index (χ1v) is 6.71. The van der Waals surface area contributed by atoms with Gasteiger partial charge in [0, 0.05) is 12.4 Å². The topological polar surface area (TPSA) is 34.0 Å². The molecule has 0 aromatic carbocycles. The second-order valence-corrected chi connectivity index (χ2v) is 5.41. The van der Waals surface area contributed by atoms with E-state index in [-0.39, 0.29) is 0 Å². The summed E-state index contributed by atoms with van der Waals surface area (Å²) in [6.45, 7) is 2.30. The number of piperidine rings is 1. The molecule has 1 saturated heterocycles. The summed E-state index contributed by atoms with van der Waals surface area (Å²) >= 11 is 3.51. The Morgan fingerprint density at radius 3 is 2.88 bits per heavy atom. The number of aromatic nitrogens is 3. The third-order valence-corrected chi connectivity index (χ3v) is 4.08. The molecular formula is C12H15BrN4. The van der Waals surface area contributed by atoms with Gasteiger partial charge >= 0.3 is 0 Å². The molecule has 90 valence electrons. The molecular weight excluding hydrogens is 280 g/mol. The highest BCUT2D eigenvalue weighted by Crippen LogP contribution is 2.29. The van der Waals surface area contributed by atoms with Gasteiger partial charge in [-0.25, -0.2) is 0 Å². The minimum atomic E-state index is 0.516. The van der Waals surface area contributed by atoms with E-state index in [2.05, 4.69) is 42.6 Å². The van der Waals surface area contributed by atoms with Crippen LogP contribution in [-0.4, -0.2) is 39.8 Å². The molecule has 0 N–H and O–H groups in total. The van der Waals surface area contributed by atoms with Gasteiger partial charge in [-0.05, 0) is 55.0 Å². The average molecular weight is 295 g/mol. The van der Waals surface area contributed by atoms with Gasteiger partial charge in [0.2, 0.25) is 0 Å². The fraction of sp³-hybridized carbons (Fsp3) is 0.500. The number of hydrogen-bond acceptors (Lipinski definition) is 3. The first kappa shape index (κ1) is 11.2. The first-order valence-electron chi connectivity index (χ1n) is 5.92. The quantitative estimate of drug-likeness (QED) is 0.810. The smallest absolute Gasteiger partial charge is 0.137 e. The maximum absolute atomic E-state index is 4.61. The lowest BCUT2D eigenvalue weighted by Crippen LogP contribution is -2.31. The molecule has 0 radical (unpaired) electrons. The molecule has 4 nitrogen and oxygen atoms in total. The predicted molar refractivity (Wildman–Crippen MR) is 71.0 cm³/mol. The van der Waals surface area contributed by atoms with Gasteiger partial charge in [-0.3, -0.25) is 9.67 Å². The van der Waals surface area contributed by atoms with E-state index in [1.165, 1.54) is 18.4 Å². The highest BCUT2D eigenvalue weighted by atomic mass is 79.9. The number of fused-ring (bicyclic) bond motifs is 1. The molecule has 1 aliphatic heterocycles. The van der Waals surface area contributed by atoms with Gasteiger partial charge < -0.3 is 4.90 Å². The second kappa shape index (κ2) is 4.38. The summed E-state index contributed by atoms with van der Waals surface area (Å²) in [5.41, 5.74) is 1.18. The van der Waals surface area contributed by atoms with Crippen LogP contribution in [0, 0.1) is 0 Å². The van der Waals surface area contributed by atoms with Crippen molar-refractivity contribution < 1.29 is 0 Å². The summed E-state index contributed by atoms with van der Waals surface area (Å²) in [7, 11) is 2.18. The molecule has 2 aromatic heterocycles. The van der Waals surface area contributed by atoms with E-state index < -0.39 is 0 Å². The van der Waals surface area contributed by atoms with Crippen LogP contribution in [0.1, 0.15) is 18.9 Å². The lowest BCUT2D eigenvalue weighted by molar-refractivity contribution is 0.215. The molecule has 2 aromatic rings. The Hall–Kier alpha value is -0.940. The molecule has 0 unspecified atom stereocenters. The van der Waals surface area contributed by atoms with E-state index in [0.29, 0.717) is 6.04 Å². The van der Waals surface area contributed by atoms with Crippen molar-refractivity contribution in [1.82, 2.24) is 19.7 Å². The minimum Gasteiger partial charge on any atom is -0.306 e. The van der Waals surface area contributed by atoms with E-state index in [1.807, 2.05) is 18.5 Å². The van der Waals surface area contributed by atoms with Gasteiger partial charge in [0.1, 0.15) is 4.60 Å². The molecule has 0 spiro atoms. The fourth-order valence-electron chi connectivity index (χ4n) is 2.47. The fourth-order valence-corrected chi connectivity index (χ4v) is 2.94. The van der Waals surface area contributed by atoms with Crippen LogP contribution in [0.5, 0.6) is 0 Å². The van der Waals surface area contributed by atoms with Gasteiger partial charge in [0.15, 0.2) is 0 Å². The van der Waals surface area contributed by atoms with E-state index >= 15 is 0 Å². The van der Waals surface area contributed by atoms with Crippen LogP contribution in [0.4, 0.5) is 0 Å². The molecule has 3 heterocycles. The zero-order valence-electron chi connectivity index (χ0n) is 9.80. The standard InChI is InChI=1S/C12H15BrN4/c1-16-6-3-9(4-7-16)17-11-2-5-14-8-10(11)12(13)15-17/h2,5,8-9H,3-4,6-7H2,1H3. The van der Waals surface area contributed by atoms with E-state index in [9.17, 15) is 0 Å². The lowest BCUT2D eigenvalue weighted by atomic mass is 10.1. The molecule has 1 aliphatic rings. The molecule has 3 rings (SSSR count). The van der Waals surface area contributed by atoms with Crippen molar-refractivity contribution in [3.05, 3.63) is 23.1 Å². The monoisotopic (exact) mass is 294 g/mol. The summed E-state index contributed by atoms with van der Waals surface area (Å²) < 4.78 is 3.06. The largest absolute Gasteiger partial charge is 0.306 e. The van der Waals surface area contributed by atoms with Crippen molar-refractivity contribution in [1.29, 1.82) is 0 Å². The summed E-state index contributed by atoms with van der Waals surface area (Å²) in [4.78, 5) is 6.53. The maximum Gasteiger partial charge on any atom is 0.137 e. The number of halogens is 1. The lowest BCUT2D eigenvalue weighted by Gasteiger charge is -2.29. The van der Waals surface area contributed by atoms with Crippen molar-refractivity contribution in [2.24, 2.45) is 0 Å². The SMILES string of the molecule is CN1CCC(n2nc(Br)c3cnccc32)CC1. The molecule has 0 bridgehead atoms.